The number of rotatable bonds is 2. The Balaban J connectivity index is 2.10. The van der Waals surface area contributed by atoms with E-state index in [0.717, 1.165) is 24.2 Å². The van der Waals surface area contributed by atoms with Crippen LogP contribution in [-0.4, -0.2) is 35.8 Å². The summed E-state index contributed by atoms with van der Waals surface area (Å²) in [5.41, 5.74) is 0. The highest BCUT2D eigenvalue weighted by atomic mass is 15.5. The maximum atomic E-state index is 3.91. The SMILES string of the molecule is CC(C)C1CC[N+]2(C(C)C)CCCC2N1. The van der Waals surface area contributed by atoms with E-state index in [4.69, 9.17) is 0 Å². The van der Waals surface area contributed by atoms with Crippen molar-refractivity contribution in [2.45, 2.75) is 65.2 Å². The lowest BCUT2D eigenvalue weighted by molar-refractivity contribution is -0.966. The molecular formula is C13H27N2+. The number of hydrogen-bond donors (Lipinski definition) is 1. The molecule has 0 aromatic carbocycles. The van der Waals surface area contributed by atoms with Crippen LogP contribution >= 0.6 is 0 Å². The van der Waals surface area contributed by atoms with E-state index in [-0.39, 0.29) is 0 Å². The molecule has 2 heteroatoms. The number of fused-ring (bicyclic) bond motifs is 1. The Kier molecular flexibility index (Phi) is 3.09. The molecule has 0 aromatic heterocycles. The van der Waals surface area contributed by atoms with Crippen molar-refractivity contribution in [2.24, 2.45) is 5.92 Å². The molecule has 2 heterocycles. The zero-order valence-corrected chi connectivity index (χ0v) is 10.8. The minimum Gasteiger partial charge on any atom is -0.307 e. The van der Waals surface area contributed by atoms with Crippen LogP contribution in [0.4, 0.5) is 0 Å². The Labute approximate surface area is 94.6 Å². The molecule has 2 aliphatic heterocycles. The second-order valence-electron chi connectivity index (χ2n) is 6.11. The minimum atomic E-state index is 0.756. The van der Waals surface area contributed by atoms with Crippen LogP contribution in [0.25, 0.3) is 0 Å². The number of nitrogens with zero attached hydrogens (tertiary/aromatic N) is 1. The Morgan fingerprint density at radius 3 is 2.40 bits per heavy atom. The topological polar surface area (TPSA) is 12.0 Å². The molecule has 0 bridgehead atoms. The summed E-state index contributed by atoms with van der Waals surface area (Å²) in [7, 11) is 0. The fourth-order valence-electron chi connectivity index (χ4n) is 3.60. The van der Waals surface area contributed by atoms with E-state index in [1.54, 1.807) is 0 Å². The molecule has 3 unspecified atom stereocenters. The Morgan fingerprint density at radius 2 is 1.80 bits per heavy atom. The maximum Gasteiger partial charge on any atom is 0.143 e. The zero-order chi connectivity index (χ0) is 11.1. The summed E-state index contributed by atoms with van der Waals surface area (Å²) >= 11 is 0. The molecule has 2 rings (SSSR count). The normalized spacial score (nSPS) is 41.2. The quantitative estimate of drug-likeness (QED) is 0.691. The van der Waals surface area contributed by atoms with Gasteiger partial charge in [0.2, 0.25) is 0 Å². The zero-order valence-electron chi connectivity index (χ0n) is 10.8. The largest absolute Gasteiger partial charge is 0.307 e. The van der Waals surface area contributed by atoms with Gasteiger partial charge in [-0.2, -0.15) is 0 Å². The lowest BCUT2D eigenvalue weighted by Crippen LogP contribution is -2.68. The molecular weight excluding hydrogens is 184 g/mol. The van der Waals surface area contributed by atoms with Crippen LogP contribution in [-0.2, 0) is 0 Å². The lowest BCUT2D eigenvalue weighted by atomic mass is 9.96. The van der Waals surface area contributed by atoms with Gasteiger partial charge >= 0.3 is 0 Å². The second-order valence-corrected chi connectivity index (χ2v) is 6.11. The van der Waals surface area contributed by atoms with Crippen LogP contribution in [0.15, 0.2) is 0 Å². The molecule has 0 amide bonds. The maximum absolute atomic E-state index is 3.91. The van der Waals surface area contributed by atoms with E-state index in [2.05, 4.69) is 33.0 Å². The number of quaternary nitrogens is 1. The van der Waals surface area contributed by atoms with Gasteiger partial charge in [-0.3, -0.25) is 5.32 Å². The van der Waals surface area contributed by atoms with Crippen LogP contribution in [0.2, 0.25) is 0 Å². The van der Waals surface area contributed by atoms with E-state index >= 15 is 0 Å². The van der Waals surface area contributed by atoms with Gasteiger partial charge in [0.25, 0.3) is 0 Å². The lowest BCUT2D eigenvalue weighted by Gasteiger charge is -2.49. The monoisotopic (exact) mass is 211 g/mol. The highest BCUT2D eigenvalue weighted by Gasteiger charge is 2.47. The van der Waals surface area contributed by atoms with Crippen molar-refractivity contribution >= 4 is 0 Å². The molecule has 0 spiro atoms. The molecule has 15 heavy (non-hydrogen) atoms. The molecule has 2 nitrogen and oxygen atoms in total. The third-order valence-electron chi connectivity index (χ3n) is 4.77. The van der Waals surface area contributed by atoms with Crippen LogP contribution in [0.5, 0.6) is 0 Å². The second kappa shape index (κ2) is 4.06. The van der Waals surface area contributed by atoms with Crippen molar-refractivity contribution in [3.8, 4) is 0 Å². The fourth-order valence-corrected chi connectivity index (χ4v) is 3.60. The molecule has 2 fully saturated rings. The summed E-state index contributed by atoms with van der Waals surface area (Å²) in [5, 5.41) is 3.91. The van der Waals surface area contributed by atoms with Crippen molar-refractivity contribution in [3.63, 3.8) is 0 Å². The first-order chi connectivity index (χ1) is 7.06. The van der Waals surface area contributed by atoms with Crippen molar-refractivity contribution < 1.29 is 4.48 Å². The van der Waals surface area contributed by atoms with Gasteiger partial charge in [-0.25, -0.2) is 0 Å². The first-order valence-corrected chi connectivity index (χ1v) is 6.69. The van der Waals surface area contributed by atoms with Crippen molar-refractivity contribution in [1.29, 1.82) is 0 Å². The molecule has 3 atom stereocenters. The highest BCUT2D eigenvalue weighted by Crippen LogP contribution is 2.34. The Bertz CT molecular complexity index is 225. The summed E-state index contributed by atoms with van der Waals surface area (Å²) in [4.78, 5) is 0. The van der Waals surface area contributed by atoms with Crippen LogP contribution in [0.3, 0.4) is 0 Å². The van der Waals surface area contributed by atoms with E-state index in [1.807, 2.05) is 0 Å². The molecule has 2 saturated heterocycles. The summed E-state index contributed by atoms with van der Waals surface area (Å²) < 4.78 is 1.35. The van der Waals surface area contributed by atoms with Crippen LogP contribution in [0, 0.1) is 5.92 Å². The summed E-state index contributed by atoms with van der Waals surface area (Å²) in [5.74, 6) is 0.792. The van der Waals surface area contributed by atoms with E-state index in [0.29, 0.717) is 0 Å². The van der Waals surface area contributed by atoms with Gasteiger partial charge < -0.3 is 4.48 Å². The molecule has 2 aliphatic rings. The van der Waals surface area contributed by atoms with E-state index < -0.39 is 0 Å². The standard InChI is InChI=1S/C13H27N2/c1-10(2)12-7-9-15(11(3)4)8-5-6-13(15)14-12/h10-14H,5-9H2,1-4H3/q+1. The van der Waals surface area contributed by atoms with Gasteiger partial charge in [-0.15, -0.1) is 0 Å². The average molecular weight is 211 g/mol. The van der Waals surface area contributed by atoms with Gasteiger partial charge in [0.15, 0.2) is 0 Å². The molecule has 0 radical (unpaired) electrons. The van der Waals surface area contributed by atoms with Crippen molar-refractivity contribution in [3.05, 3.63) is 0 Å². The Morgan fingerprint density at radius 1 is 1.07 bits per heavy atom. The first kappa shape index (κ1) is 11.4. The average Bonchev–Trinajstić information content (AvgIpc) is 2.60. The molecule has 0 saturated carbocycles. The molecule has 0 aromatic rings. The van der Waals surface area contributed by atoms with Gasteiger partial charge in [-0.1, -0.05) is 13.8 Å². The summed E-state index contributed by atoms with van der Waals surface area (Å²) in [6.07, 6.45) is 4.93. The van der Waals surface area contributed by atoms with Gasteiger partial charge in [0.05, 0.1) is 19.1 Å². The summed E-state index contributed by atoms with van der Waals surface area (Å²) in [6, 6.07) is 1.55. The fraction of sp³-hybridized carbons (Fsp3) is 1.00. The predicted molar refractivity (Wildman–Crippen MR) is 64.5 cm³/mol. The number of hydrogen-bond acceptors (Lipinski definition) is 1. The van der Waals surface area contributed by atoms with Gasteiger partial charge in [0, 0.05) is 25.3 Å². The smallest absolute Gasteiger partial charge is 0.143 e. The first-order valence-electron chi connectivity index (χ1n) is 6.69. The van der Waals surface area contributed by atoms with Crippen molar-refractivity contribution in [2.75, 3.05) is 13.1 Å². The van der Waals surface area contributed by atoms with Crippen LogP contribution in [0.1, 0.15) is 47.0 Å². The number of nitrogens with one attached hydrogen (secondary N) is 1. The Hall–Kier alpha value is -0.0800. The molecule has 0 aliphatic carbocycles. The van der Waals surface area contributed by atoms with E-state index in [1.165, 1.54) is 36.8 Å². The highest BCUT2D eigenvalue weighted by molar-refractivity contribution is 4.81. The van der Waals surface area contributed by atoms with Crippen LogP contribution < -0.4 is 5.32 Å². The minimum absolute atomic E-state index is 0.756. The van der Waals surface area contributed by atoms with Gasteiger partial charge in [-0.05, 0) is 19.8 Å². The van der Waals surface area contributed by atoms with Gasteiger partial charge in [0.1, 0.15) is 6.17 Å². The third kappa shape index (κ3) is 1.83. The van der Waals surface area contributed by atoms with Crippen molar-refractivity contribution in [1.82, 2.24) is 5.32 Å². The molecule has 88 valence electrons. The molecule has 1 N–H and O–H groups in total. The predicted octanol–water partition coefficient (Wildman–Crippen LogP) is 2.35. The third-order valence-corrected chi connectivity index (χ3v) is 4.77. The summed E-state index contributed by atoms with van der Waals surface area (Å²) in [6.45, 7) is 12.3. The van der Waals surface area contributed by atoms with E-state index in [9.17, 15) is 0 Å².